The number of hydrogen-bond acceptors (Lipinski definition) is 3. The molecule has 0 aliphatic heterocycles. The molecule has 1 heterocycles. The number of rotatable bonds is 5. The summed E-state index contributed by atoms with van der Waals surface area (Å²) >= 11 is 0. The van der Waals surface area contributed by atoms with Crippen molar-refractivity contribution in [1.82, 2.24) is 19.7 Å². The van der Waals surface area contributed by atoms with Crippen molar-refractivity contribution in [3.8, 4) is 0 Å². The summed E-state index contributed by atoms with van der Waals surface area (Å²) in [5.41, 5.74) is 3.09. The zero-order valence-corrected chi connectivity index (χ0v) is 11.7. The van der Waals surface area contributed by atoms with Gasteiger partial charge in [0.25, 0.3) is 0 Å². The highest BCUT2D eigenvalue weighted by molar-refractivity contribution is 5.33. The molecule has 1 saturated carbocycles. The van der Waals surface area contributed by atoms with Gasteiger partial charge in [-0.15, -0.1) is 0 Å². The quantitative estimate of drug-likeness (QED) is 0.830. The van der Waals surface area contributed by atoms with Crippen molar-refractivity contribution in [3.63, 3.8) is 0 Å². The van der Waals surface area contributed by atoms with Crippen LogP contribution in [0.1, 0.15) is 24.0 Å². The van der Waals surface area contributed by atoms with Gasteiger partial charge in [-0.2, -0.15) is 5.10 Å². The van der Waals surface area contributed by atoms with Crippen LogP contribution in [0, 0.1) is 0 Å². The smallest absolute Gasteiger partial charge is 0.137 e. The van der Waals surface area contributed by atoms with Crippen LogP contribution in [0.3, 0.4) is 0 Å². The molecule has 0 atom stereocenters. The van der Waals surface area contributed by atoms with E-state index in [1.54, 1.807) is 17.5 Å². The maximum absolute atomic E-state index is 4.21. The molecule has 0 amide bonds. The van der Waals surface area contributed by atoms with Crippen LogP contribution in [0.2, 0.25) is 0 Å². The van der Waals surface area contributed by atoms with Crippen molar-refractivity contribution in [2.45, 2.75) is 44.3 Å². The van der Waals surface area contributed by atoms with Crippen LogP contribution in [0.25, 0.3) is 0 Å². The first-order valence-electron chi connectivity index (χ1n) is 7.55. The van der Waals surface area contributed by atoms with E-state index in [1.807, 2.05) is 11.0 Å². The Balaban J connectivity index is 1.45. The summed E-state index contributed by atoms with van der Waals surface area (Å²) in [7, 11) is 0. The molecular formula is C16H20N4. The molecule has 0 spiro atoms. The van der Waals surface area contributed by atoms with E-state index >= 15 is 0 Å². The number of benzene rings is 1. The fraction of sp³-hybridized carbons (Fsp3) is 0.500. The highest BCUT2D eigenvalue weighted by Gasteiger charge is 2.36. The summed E-state index contributed by atoms with van der Waals surface area (Å²) in [6.07, 6.45) is 8.59. The monoisotopic (exact) mass is 268 g/mol. The van der Waals surface area contributed by atoms with Gasteiger partial charge in [0.15, 0.2) is 0 Å². The van der Waals surface area contributed by atoms with Gasteiger partial charge in [-0.3, -0.25) is 9.58 Å². The van der Waals surface area contributed by atoms with Gasteiger partial charge < -0.3 is 0 Å². The van der Waals surface area contributed by atoms with Crippen molar-refractivity contribution in [3.05, 3.63) is 48.0 Å². The SMILES string of the molecule is c1ccc2c(c1)CC(N(CCn1cncn1)C1CC1)C2. The molecule has 2 aliphatic carbocycles. The molecule has 2 aliphatic rings. The summed E-state index contributed by atoms with van der Waals surface area (Å²) in [5, 5.41) is 4.21. The second-order valence-corrected chi connectivity index (χ2v) is 5.96. The summed E-state index contributed by atoms with van der Waals surface area (Å²) in [6.45, 7) is 2.04. The van der Waals surface area contributed by atoms with E-state index in [2.05, 4.69) is 39.2 Å². The lowest BCUT2D eigenvalue weighted by Gasteiger charge is -2.28. The first kappa shape index (κ1) is 12.1. The average Bonchev–Trinajstić information content (AvgIpc) is 3.02. The van der Waals surface area contributed by atoms with Gasteiger partial charge in [-0.1, -0.05) is 24.3 Å². The predicted molar refractivity (Wildman–Crippen MR) is 77.4 cm³/mol. The van der Waals surface area contributed by atoms with Gasteiger partial charge in [0.2, 0.25) is 0 Å². The summed E-state index contributed by atoms with van der Waals surface area (Å²) in [5.74, 6) is 0. The van der Waals surface area contributed by atoms with Crippen molar-refractivity contribution < 1.29 is 0 Å². The number of fused-ring (bicyclic) bond motifs is 1. The Labute approximate surface area is 119 Å². The highest BCUT2D eigenvalue weighted by atomic mass is 15.3. The zero-order chi connectivity index (χ0) is 13.4. The Morgan fingerprint density at radius 1 is 1.10 bits per heavy atom. The molecule has 0 unspecified atom stereocenters. The lowest BCUT2D eigenvalue weighted by atomic mass is 10.1. The molecule has 0 N–H and O–H groups in total. The largest absolute Gasteiger partial charge is 0.295 e. The van der Waals surface area contributed by atoms with E-state index in [-0.39, 0.29) is 0 Å². The van der Waals surface area contributed by atoms with Crippen LogP contribution in [-0.2, 0) is 19.4 Å². The Kier molecular flexibility index (Phi) is 3.03. The van der Waals surface area contributed by atoms with Crippen LogP contribution in [-0.4, -0.2) is 38.3 Å². The second kappa shape index (κ2) is 5.02. The minimum absolute atomic E-state index is 0.684. The molecule has 0 radical (unpaired) electrons. The van der Waals surface area contributed by atoms with E-state index in [4.69, 9.17) is 0 Å². The topological polar surface area (TPSA) is 34.0 Å². The van der Waals surface area contributed by atoms with Crippen molar-refractivity contribution in [2.24, 2.45) is 0 Å². The third kappa shape index (κ3) is 2.36. The van der Waals surface area contributed by atoms with E-state index < -0.39 is 0 Å². The molecule has 2 aromatic rings. The van der Waals surface area contributed by atoms with Gasteiger partial charge >= 0.3 is 0 Å². The minimum atomic E-state index is 0.684. The first-order valence-corrected chi connectivity index (χ1v) is 7.55. The molecule has 4 rings (SSSR count). The fourth-order valence-corrected chi connectivity index (χ4v) is 3.41. The van der Waals surface area contributed by atoms with Crippen LogP contribution < -0.4 is 0 Å². The number of nitrogens with zero attached hydrogens (tertiary/aromatic N) is 4. The van der Waals surface area contributed by atoms with Crippen LogP contribution in [0.15, 0.2) is 36.9 Å². The van der Waals surface area contributed by atoms with Crippen LogP contribution in [0.4, 0.5) is 0 Å². The van der Waals surface area contributed by atoms with Gasteiger partial charge in [0.1, 0.15) is 12.7 Å². The summed E-state index contributed by atoms with van der Waals surface area (Å²) in [6, 6.07) is 10.4. The lowest BCUT2D eigenvalue weighted by Crippen LogP contribution is -2.40. The molecule has 104 valence electrons. The van der Waals surface area contributed by atoms with Gasteiger partial charge in [-0.25, -0.2) is 4.98 Å². The molecule has 1 aromatic carbocycles. The fourth-order valence-electron chi connectivity index (χ4n) is 3.41. The molecular weight excluding hydrogens is 248 g/mol. The predicted octanol–water partition coefficient (Wildman–Crippen LogP) is 1.91. The Bertz CT molecular complexity index is 549. The molecule has 1 fully saturated rings. The minimum Gasteiger partial charge on any atom is -0.295 e. The molecule has 0 saturated heterocycles. The maximum atomic E-state index is 4.21. The first-order chi connectivity index (χ1) is 9.90. The van der Waals surface area contributed by atoms with Crippen molar-refractivity contribution in [2.75, 3.05) is 6.54 Å². The third-order valence-electron chi connectivity index (χ3n) is 4.57. The molecule has 20 heavy (non-hydrogen) atoms. The Hall–Kier alpha value is -1.68. The second-order valence-electron chi connectivity index (χ2n) is 5.96. The van der Waals surface area contributed by atoms with Gasteiger partial charge in [-0.05, 0) is 36.8 Å². The molecule has 4 heteroatoms. The number of hydrogen-bond donors (Lipinski definition) is 0. The Morgan fingerprint density at radius 3 is 2.45 bits per heavy atom. The third-order valence-corrected chi connectivity index (χ3v) is 4.57. The standard InChI is InChI=1S/C16H20N4/c1-2-4-14-10-16(9-13(14)3-1)20(15-5-6-15)8-7-19-12-17-11-18-19/h1-4,11-12,15-16H,5-10H2. The van der Waals surface area contributed by atoms with Crippen molar-refractivity contribution >= 4 is 0 Å². The van der Waals surface area contributed by atoms with Crippen molar-refractivity contribution in [1.29, 1.82) is 0 Å². The van der Waals surface area contributed by atoms with E-state index in [0.29, 0.717) is 6.04 Å². The highest BCUT2D eigenvalue weighted by Crippen LogP contribution is 2.34. The van der Waals surface area contributed by atoms with Gasteiger partial charge in [0.05, 0.1) is 6.54 Å². The van der Waals surface area contributed by atoms with E-state index in [9.17, 15) is 0 Å². The van der Waals surface area contributed by atoms with Crippen LogP contribution in [0.5, 0.6) is 0 Å². The molecule has 0 bridgehead atoms. The van der Waals surface area contributed by atoms with Gasteiger partial charge in [0, 0.05) is 18.6 Å². The van der Waals surface area contributed by atoms with E-state index in [0.717, 1.165) is 19.1 Å². The van der Waals surface area contributed by atoms with E-state index in [1.165, 1.54) is 25.7 Å². The normalized spacial score (nSPS) is 18.6. The summed E-state index contributed by atoms with van der Waals surface area (Å²) in [4.78, 5) is 6.73. The number of aromatic nitrogens is 3. The summed E-state index contributed by atoms with van der Waals surface area (Å²) < 4.78 is 1.94. The lowest BCUT2D eigenvalue weighted by molar-refractivity contribution is 0.181. The Morgan fingerprint density at radius 2 is 1.85 bits per heavy atom. The van der Waals surface area contributed by atoms with Crippen LogP contribution >= 0.6 is 0 Å². The zero-order valence-electron chi connectivity index (χ0n) is 11.7. The maximum Gasteiger partial charge on any atom is 0.137 e. The molecule has 4 nitrogen and oxygen atoms in total. The average molecular weight is 268 g/mol. The molecule has 1 aromatic heterocycles.